The molecule has 0 amide bonds. The first-order valence-electron chi connectivity index (χ1n) is 9.29. The smallest absolute Gasteiger partial charge is 0.154 e. The molecular weight excluding hydrogens is 336 g/mol. The molecule has 27 heavy (non-hydrogen) atoms. The lowest BCUT2D eigenvalue weighted by Gasteiger charge is -2.10. The summed E-state index contributed by atoms with van der Waals surface area (Å²) >= 11 is 0. The van der Waals surface area contributed by atoms with Crippen molar-refractivity contribution in [3.8, 4) is 11.1 Å². The number of ketones is 1. The highest BCUT2D eigenvalue weighted by Crippen LogP contribution is 2.21. The summed E-state index contributed by atoms with van der Waals surface area (Å²) in [6.07, 6.45) is 6.13. The number of rotatable bonds is 9. The molecule has 0 radical (unpaired) electrons. The Morgan fingerprint density at radius 2 is 1.63 bits per heavy atom. The minimum absolute atomic E-state index is 0.0293. The number of H-pyrrole nitrogens is 1. The van der Waals surface area contributed by atoms with Gasteiger partial charge in [-0.05, 0) is 41.6 Å². The number of nitrogens with one attached hydrogen (secondary N) is 1. The van der Waals surface area contributed by atoms with Crippen LogP contribution in [-0.2, 0) is 24.1 Å². The average Bonchev–Trinajstić information content (AvgIpc) is 3.20. The third kappa shape index (κ3) is 5.36. The summed E-state index contributed by atoms with van der Waals surface area (Å²) < 4.78 is 0. The Balaban J connectivity index is 1.58. The van der Waals surface area contributed by atoms with Gasteiger partial charge in [0.2, 0.25) is 0 Å². The number of hydrogen-bond donors (Lipinski definition) is 3. The summed E-state index contributed by atoms with van der Waals surface area (Å²) in [5.41, 5.74) is 17.0. The first kappa shape index (κ1) is 19.0. The van der Waals surface area contributed by atoms with Crippen LogP contribution in [0.15, 0.2) is 61.1 Å². The largest absolute Gasteiger partial charge is 0.348 e. The molecule has 5 nitrogen and oxygen atoms in total. The molecule has 0 aliphatic carbocycles. The van der Waals surface area contributed by atoms with E-state index < -0.39 is 6.04 Å². The van der Waals surface area contributed by atoms with Gasteiger partial charge in [-0.2, -0.15) is 0 Å². The van der Waals surface area contributed by atoms with Gasteiger partial charge in [0.15, 0.2) is 5.78 Å². The molecule has 2 aromatic carbocycles. The molecule has 0 bridgehead atoms. The average molecular weight is 362 g/mol. The van der Waals surface area contributed by atoms with Crippen LogP contribution in [0, 0.1) is 0 Å². The molecule has 5 heteroatoms. The SMILES string of the molecule is NCCCc1ccc(-c2ccc(CC(=O)C(N)Cc3cnc[nH]3)cc2)cc1. The number of imidazole rings is 1. The second-order valence-electron chi connectivity index (χ2n) is 6.82. The van der Waals surface area contributed by atoms with E-state index in [1.807, 2.05) is 12.1 Å². The normalized spacial score (nSPS) is 12.1. The number of Topliss-reactive ketones (excluding diaryl/α,β-unsaturated/α-hetero) is 1. The molecule has 3 rings (SSSR count). The maximum absolute atomic E-state index is 12.3. The van der Waals surface area contributed by atoms with Crippen molar-refractivity contribution in [3.63, 3.8) is 0 Å². The summed E-state index contributed by atoms with van der Waals surface area (Å²) in [4.78, 5) is 19.3. The lowest BCUT2D eigenvalue weighted by molar-refractivity contribution is -0.119. The van der Waals surface area contributed by atoms with Gasteiger partial charge in [-0.15, -0.1) is 0 Å². The lowest BCUT2D eigenvalue weighted by atomic mass is 9.98. The Morgan fingerprint density at radius 3 is 2.19 bits per heavy atom. The van der Waals surface area contributed by atoms with Gasteiger partial charge in [-0.25, -0.2) is 4.98 Å². The first-order valence-corrected chi connectivity index (χ1v) is 9.29. The predicted octanol–water partition coefficient (Wildman–Crippen LogP) is 2.65. The molecule has 0 aliphatic heterocycles. The predicted molar refractivity (Wildman–Crippen MR) is 108 cm³/mol. The van der Waals surface area contributed by atoms with Gasteiger partial charge in [-0.1, -0.05) is 48.5 Å². The van der Waals surface area contributed by atoms with Crippen LogP contribution in [-0.4, -0.2) is 28.3 Å². The van der Waals surface area contributed by atoms with Gasteiger partial charge in [0.05, 0.1) is 12.4 Å². The van der Waals surface area contributed by atoms with Crippen LogP contribution >= 0.6 is 0 Å². The monoisotopic (exact) mass is 362 g/mol. The fourth-order valence-corrected chi connectivity index (χ4v) is 3.06. The van der Waals surface area contributed by atoms with Crippen LogP contribution in [0.1, 0.15) is 23.2 Å². The summed E-state index contributed by atoms with van der Waals surface area (Å²) in [5, 5.41) is 0. The zero-order valence-corrected chi connectivity index (χ0v) is 15.4. The van der Waals surface area contributed by atoms with Gasteiger partial charge in [0.25, 0.3) is 0 Å². The number of aryl methyl sites for hydroxylation is 1. The minimum Gasteiger partial charge on any atom is -0.348 e. The zero-order chi connectivity index (χ0) is 19.1. The van der Waals surface area contributed by atoms with E-state index in [2.05, 4.69) is 46.4 Å². The van der Waals surface area contributed by atoms with E-state index in [-0.39, 0.29) is 5.78 Å². The molecular formula is C22H26N4O. The van der Waals surface area contributed by atoms with Gasteiger partial charge in [0.1, 0.15) is 0 Å². The maximum Gasteiger partial charge on any atom is 0.154 e. The highest BCUT2D eigenvalue weighted by molar-refractivity contribution is 5.86. The molecule has 5 N–H and O–H groups in total. The van der Waals surface area contributed by atoms with Crippen LogP contribution in [0.2, 0.25) is 0 Å². The van der Waals surface area contributed by atoms with Crippen molar-refractivity contribution in [2.24, 2.45) is 11.5 Å². The van der Waals surface area contributed by atoms with E-state index in [1.165, 1.54) is 11.1 Å². The van der Waals surface area contributed by atoms with E-state index >= 15 is 0 Å². The molecule has 0 saturated heterocycles. The standard InChI is InChI=1S/C22H26N4O/c23-11-1-2-16-3-7-18(8-4-16)19-9-5-17(6-10-19)12-22(27)21(24)13-20-14-25-15-26-20/h3-10,14-15,21H,1-2,11-13,23-24H2,(H,25,26). The third-order valence-electron chi connectivity index (χ3n) is 4.70. The number of aromatic nitrogens is 2. The van der Waals surface area contributed by atoms with Gasteiger partial charge in [0, 0.05) is 24.7 Å². The van der Waals surface area contributed by atoms with Crippen molar-refractivity contribution in [2.45, 2.75) is 31.7 Å². The molecule has 0 spiro atoms. The Hall–Kier alpha value is -2.76. The Bertz CT molecular complexity index is 839. The molecule has 1 atom stereocenters. The number of nitrogens with zero attached hydrogens (tertiary/aromatic N) is 1. The molecule has 1 heterocycles. The maximum atomic E-state index is 12.3. The van der Waals surface area contributed by atoms with Crippen molar-refractivity contribution in [1.29, 1.82) is 0 Å². The number of carbonyl (C=O) groups excluding carboxylic acids is 1. The summed E-state index contributed by atoms with van der Waals surface area (Å²) in [6, 6.07) is 16.1. The van der Waals surface area contributed by atoms with Crippen LogP contribution in [0.5, 0.6) is 0 Å². The Labute approximate surface area is 159 Å². The van der Waals surface area contributed by atoms with Crippen molar-refractivity contribution < 1.29 is 4.79 Å². The minimum atomic E-state index is -0.522. The molecule has 0 saturated carbocycles. The fourth-order valence-electron chi connectivity index (χ4n) is 3.06. The van der Waals surface area contributed by atoms with E-state index in [0.29, 0.717) is 19.4 Å². The summed E-state index contributed by atoms with van der Waals surface area (Å²) in [7, 11) is 0. The van der Waals surface area contributed by atoms with Crippen LogP contribution in [0.4, 0.5) is 0 Å². The van der Waals surface area contributed by atoms with Gasteiger partial charge >= 0.3 is 0 Å². The van der Waals surface area contributed by atoms with Crippen molar-refractivity contribution in [2.75, 3.05) is 6.54 Å². The molecule has 0 fully saturated rings. The number of benzene rings is 2. The highest BCUT2D eigenvalue weighted by Gasteiger charge is 2.15. The van der Waals surface area contributed by atoms with Crippen molar-refractivity contribution in [3.05, 3.63) is 77.9 Å². The van der Waals surface area contributed by atoms with Crippen molar-refractivity contribution in [1.82, 2.24) is 9.97 Å². The topological polar surface area (TPSA) is 97.8 Å². The number of aromatic amines is 1. The highest BCUT2D eigenvalue weighted by atomic mass is 16.1. The van der Waals surface area contributed by atoms with E-state index in [4.69, 9.17) is 11.5 Å². The molecule has 3 aromatic rings. The van der Waals surface area contributed by atoms with E-state index in [1.54, 1.807) is 12.5 Å². The fraction of sp³-hybridized carbons (Fsp3) is 0.273. The molecule has 1 aromatic heterocycles. The van der Waals surface area contributed by atoms with Crippen LogP contribution in [0.3, 0.4) is 0 Å². The number of carbonyl (C=O) groups is 1. The second-order valence-corrected chi connectivity index (χ2v) is 6.82. The summed E-state index contributed by atoms with van der Waals surface area (Å²) in [6.45, 7) is 0.716. The molecule has 140 valence electrons. The summed E-state index contributed by atoms with van der Waals surface area (Å²) in [5.74, 6) is 0.0293. The zero-order valence-electron chi connectivity index (χ0n) is 15.4. The number of hydrogen-bond acceptors (Lipinski definition) is 4. The van der Waals surface area contributed by atoms with Crippen LogP contribution in [0.25, 0.3) is 11.1 Å². The third-order valence-corrected chi connectivity index (χ3v) is 4.70. The molecule has 1 unspecified atom stereocenters. The Morgan fingerprint density at radius 1 is 1.00 bits per heavy atom. The van der Waals surface area contributed by atoms with Crippen molar-refractivity contribution >= 4 is 5.78 Å². The Kier molecular flexibility index (Phi) is 6.52. The van der Waals surface area contributed by atoms with Gasteiger partial charge in [-0.3, -0.25) is 4.79 Å². The van der Waals surface area contributed by atoms with Gasteiger partial charge < -0.3 is 16.5 Å². The van der Waals surface area contributed by atoms with E-state index in [0.717, 1.165) is 29.7 Å². The number of nitrogens with two attached hydrogens (primary N) is 2. The lowest BCUT2D eigenvalue weighted by Crippen LogP contribution is -2.34. The molecule has 0 aliphatic rings. The quantitative estimate of drug-likeness (QED) is 0.545. The first-order chi connectivity index (χ1) is 13.2. The van der Waals surface area contributed by atoms with Crippen LogP contribution < -0.4 is 11.5 Å². The second kappa shape index (κ2) is 9.26. The van der Waals surface area contributed by atoms with E-state index in [9.17, 15) is 4.79 Å².